The zero-order valence-corrected chi connectivity index (χ0v) is 24.0. The minimum atomic E-state index is -4.01. The number of hydrogen-bond donors (Lipinski definition) is 1. The van der Waals surface area contributed by atoms with Crippen LogP contribution in [0.15, 0.2) is 77.7 Å². The van der Waals surface area contributed by atoms with Crippen LogP contribution < -0.4 is 10.1 Å². The SMILES string of the molecule is CCOc1ccc(S(=O)(=O)N(CC(=O)Nc2ccc(C(=O)N3CCN(C)CC3)cc2)Cc2ccccc2)cc1C. The number of benzene rings is 3. The molecule has 0 spiro atoms. The number of aryl methyl sites for hydroxylation is 1. The standard InChI is InChI=1S/C30H36N4O5S/c1-4-39-28-15-14-27(20-23(28)2)40(37,38)34(21-24-8-6-5-7-9-24)22-29(35)31-26-12-10-25(11-13-26)30(36)33-18-16-32(3)17-19-33/h5-15,20H,4,16-19,21-22H2,1-3H3,(H,31,35). The highest BCUT2D eigenvalue weighted by atomic mass is 32.2. The lowest BCUT2D eigenvalue weighted by Crippen LogP contribution is -2.47. The largest absolute Gasteiger partial charge is 0.494 e. The van der Waals surface area contributed by atoms with Crippen molar-refractivity contribution in [3.63, 3.8) is 0 Å². The summed E-state index contributed by atoms with van der Waals surface area (Å²) in [5.74, 6) is 0.0837. The Bertz CT molecular complexity index is 1420. The summed E-state index contributed by atoms with van der Waals surface area (Å²) in [5.41, 5.74) is 2.47. The van der Waals surface area contributed by atoms with Gasteiger partial charge in [0, 0.05) is 44.0 Å². The maximum atomic E-state index is 13.7. The van der Waals surface area contributed by atoms with Gasteiger partial charge in [0.1, 0.15) is 5.75 Å². The molecule has 212 valence electrons. The van der Waals surface area contributed by atoms with Crippen molar-refractivity contribution >= 4 is 27.5 Å². The average molecular weight is 565 g/mol. The molecular weight excluding hydrogens is 528 g/mol. The second-order valence-electron chi connectivity index (χ2n) is 9.84. The molecule has 0 aromatic heterocycles. The lowest BCUT2D eigenvalue weighted by Gasteiger charge is -2.32. The minimum absolute atomic E-state index is 0.0291. The van der Waals surface area contributed by atoms with E-state index in [0.29, 0.717) is 42.3 Å². The van der Waals surface area contributed by atoms with Gasteiger partial charge in [-0.15, -0.1) is 0 Å². The molecule has 0 unspecified atom stereocenters. The molecule has 0 atom stereocenters. The highest BCUT2D eigenvalue weighted by Crippen LogP contribution is 2.25. The zero-order valence-electron chi connectivity index (χ0n) is 23.2. The first-order valence-electron chi connectivity index (χ1n) is 13.3. The van der Waals surface area contributed by atoms with Gasteiger partial charge in [0.15, 0.2) is 0 Å². The van der Waals surface area contributed by atoms with E-state index in [1.807, 2.05) is 49.2 Å². The first kappa shape index (κ1) is 29.3. The summed E-state index contributed by atoms with van der Waals surface area (Å²) < 4.78 is 34.1. The fourth-order valence-electron chi connectivity index (χ4n) is 4.51. The Kier molecular flexibility index (Phi) is 9.57. The Balaban J connectivity index is 1.48. The topological polar surface area (TPSA) is 99.3 Å². The molecule has 10 heteroatoms. The van der Waals surface area contributed by atoms with Crippen LogP contribution in [0.2, 0.25) is 0 Å². The summed E-state index contributed by atoms with van der Waals surface area (Å²) >= 11 is 0. The Hall–Kier alpha value is -3.73. The molecular formula is C30H36N4O5S. The summed E-state index contributed by atoms with van der Waals surface area (Å²) in [6, 6.07) is 20.5. The molecule has 1 aliphatic heterocycles. The second kappa shape index (κ2) is 13.1. The third-order valence-corrected chi connectivity index (χ3v) is 8.60. The van der Waals surface area contributed by atoms with Gasteiger partial charge in [-0.05, 0) is 74.5 Å². The first-order chi connectivity index (χ1) is 19.2. The quantitative estimate of drug-likeness (QED) is 0.404. The van der Waals surface area contributed by atoms with E-state index in [-0.39, 0.29) is 23.9 Å². The molecule has 0 bridgehead atoms. The Morgan fingerprint density at radius 1 is 0.950 bits per heavy atom. The van der Waals surface area contributed by atoms with Crippen LogP contribution in [-0.4, -0.2) is 80.7 Å². The van der Waals surface area contributed by atoms with E-state index in [1.54, 1.807) is 43.3 Å². The highest BCUT2D eigenvalue weighted by molar-refractivity contribution is 7.89. The van der Waals surface area contributed by atoms with E-state index < -0.39 is 15.9 Å². The van der Waals surface area contributed by atoms with Gasteiger partial charge in [-0.1, -0.05) is 30.3 Å². The number of nitrogens with one attached hydrogen (secondary N) is 1. The monoisotopic (exact) mass is 564 g/mol. The molecule has 1 aliphatic rings. The molecule has 4 rings (SSSR count). The number of carbonyl (C=O) groups is 2. The van der Waals surface area contributed by atoms with Crippen molar-refractivity contribution in [1.82, 2.24) is 14.1 Å². The summed E-state index contributed by atoms with van der Waals surface area (Å²) in [4.78, 5) is 30.0. The van der Waals surface area contributed by atoms with Crippen LogP contribution in [0.4, 0.5) is 5.69 Å². The van der Waals surface area contributed by atoms with Gasteiger partial charge in [0.2, 0.25) is 15.9 Å². The molecule has 1 N–H and O–H groups in total. The van der Waals surface area contributed by atoms with E-state index in [4.69, 9.17) is 4.74 Å². The fourth-order valence-corrected chi connectivity index (χ4v) is 5.98. The fraction of sp³-hybridized carbons (Fsp3) is 0.333. The van der Waals surface area contributed by atoms with Gasteiger partial charge in [-0.3, -0.25) is 9.59 Å². The zero-order chi connectivity index (χ0) is 28.7. The predicted molar refractivity (Wildman–Crippen MR) is 155 cm³/mol. The van der Waals surface area contributed by atoms with Crippen LogP contribution >= 0.6 is 0 Å². The van der Waals surface area contributed by atoms with Crippen LogP contribution in [0.25, 0.3) is 0 Å². The van der Waals surface area contributed by atoms with Crippen LogP contribution in [-0.2, 0) is 21.4 Å². The molecule has 0 saturated carbocycles. The van der Waals surface area contributed by atoms with Crippen molar-refractivity contribution < 1.29 is 22.7 Å². The molecule has 3 aromatic rings. The van der Waals surface area contributed by atoms with Gasteiger partial charge in [0.25, 0.3) is 5.91 Å². The molecule has 1 fully saturated rings. The normalized spacial score (nSPS) is 14.2. The number of likely N-dealkylation sites (N-methyl/N-ethyl adjacent to an activating group) is 1. The summed E-state index contributed by atoms with van der Waals surface area (Å²) in [7, 11) is -1.98. The van der Waals surface area contributed by atoms with Crippen molar-refractivity contribution in [3.8, 4) is 5.75 Å². The molecule has 9 nitrogen and oxygen atoms in total. The van der Waals surface area contributed by atoms with Crippen LogP contribution in [0.3, 0.4) is 0 Å². The predicted octanol–water partition coefficient (Wildman–Crippen LogP) is 3.61. The van der Waals surface area contributed by atoms with Crippen molar-refractivity contribution in [2.45, 2.75) is 25.3 Å². The Labute approximate surface area is 236 Å². The molecule has 0 radical (unpaired) electrons. The van der Waals surface area contributed by atoms with Crippen molar-refractivity contribution in [3.05, 3.63) is 89.5 Å². The van der Waals surface area contributed by atoms with Crippen LogP contribution in [0.1, 0.15) is 28.4 Å². The van der Waals surface area contributed by atoms with Gasteiger partial charge < -0.3 is 19.9 Å². The lowest BCUT2D eigenvalue weighted by atomic mass is 10.1. The maximum Gasteiger partial charge on any atom is 0.253 e. The summed E-state index contributed by atoms with van der Waals surface area (Å²) in [5, 5.41) is 2.77. The Morgan fingerprint density at radius 2 is 1.62 bits per heavy atom. The highest BCUT2D eigenvalue weighted by Gasteiger charge is 2.28. The summed E-state index contributed by atoms with van der Waals surface area (Å²) in [6.07, 6.45) is 0. The number of amides is 2. The maximum absolute atomic E-state index is 13.7. The van der Waals surface area contributed by atoms with E-state index in [2.05, 4.69) is 10.2 Å². The number of nitrogens with zero attached hydrogens (tertiary/aromatic N) is 3. The van der Waals surface area contributed by atoms with Crippen molar-refractivity contribution in [2.75, 3.05) is 51.7 Å². The third kappa shape index (κ3) is 7.26. The molecule has 40 heavy (non-hydrogen) atoms. The van der Waals surface area contributed by atoms with Crippen molar-refractivity contribution in [1.29, 1.82) is 0 Å². The molecule has 1 saturated heterocycles. The number of hydrogen-bond acceptors (Lipinski definition) is 6. The summed E-state index contributed by atoms with van der Waals surface area (Å²) in [6.45, 7) is 6.78. The van der Waals surface area contributed by atoms with Crippen LogP contribution in [0, 0.1) is 6.92 Å². The van der Waals surface area contributed by atoms with E-state index in [0.717, 1.165) is 23.0 Å². The number of sulfonamides is 1. The van der Waals surface area contributed by atoms with Gasteiger partial charge in [0.05, 0.1) is 18.0 Å². The van der Waals surface area contributed by atoms with Gasteiger partial charge in [-0.25, -0.2) is 8.42 Å². The number of ether oxygens (including phenoxy) is 1. The lowest BCUT2D eigenvalue weighted by molar-refractivity contribution is -0.116. The third-order valence-electron chi connectivity index (χ3n) is 6.81. The van der Waals surface area contributed by atoms with Gasteiger partial charge >= 0.3 is 0 Å². The minimum Gasteiger partial charge on any atom is -0.494 e. The number of rotatable bonds is 10. The van der Waals surface area contributed by atoms with E-state index in [9.17, 15) is 18.0 Å². The van der Waals surface area contributed by atoms with E-state index >= 15 is 0 Å². The van der Waals surface area contributed by atoms with Crippen LogP contribution in [0.5, 0.6) is 5.75 Å². The molecule has 3 aromatic carbocycles. The van der Waals surface area contributed by atoms with Gasteiger partial charge in [-0.2, -0.15) is 4.31 Å². The van der Waals surface area contributed by atoms with Crippen molar-refractivity contribution in [2.24, 2.45) is 0 Å². The molecule has 1 heterocycles. The average Bonchev–Trinajstić information content (AvgIpc) is 2.95. The number of anilines is 1. The Morgan fingerprint density at radius 3 is 2.25 bits per heavy atom. The smallest absolute Gasteiger partial charge is 0.253 e. The molecule has 2 amide bonds. The number of carbonyl (C=O) groups excluding carboxylic acids is 2. The number of piperazine rings is 1. The molecule has 0 aliphatic carbocycles. The second-order valence-corrected chi connectivity index (χ2v) is 11.8. The first-order valence-corrected chi connectivity index (χ1v) is 14.8. The van der Waals surface area contributed by atoms with E-state index in [1.165, 1.54) is 6.07 Å².